The second kappa shape index (κ2) is 5.95. The Bertz CT molecular complexity index is 713. The van der Waals surface area contributed by atoms with Crippen LogP contribution in [0.1, 0.15) is 58.0 Å². The first kappa shape index (κ1) is 15.7. The molecule has 2 aromatic rings. The molecule has 1 N–H and O–H groups in total. The minimum atomic E-state index is -0.670. The van der Waals surface area contributed by atoms with Gasteiger partial charge in [-0.1, -0.05) is 6.07 Å². The van der Waals surface area contributed by atoms with Crippen LogP contribution in [0.5, 0.6) is 0 Å². The summed E-state index contributed by atoms with van der Waals surface area (Å²) in [7, 11) is 0. The first-order chi connectivity index (χ1) is 9.88. The summed E-state index contributed by atoms with van der Waals surface area (Å²) >= 11 is 1.25. The fourth-order valence-electron chi connectivity index (χ4n) is 2.40. The largest absolute Gasteiger partial charge is 0.462 e. The molecule has 1 heterocycles. The number of carbonyl (C=O) groups excluding carboxylic acids is 2. The summed E-state index contributed by atoms with van der Waals surface area (Å²) in [4.78, 5) is 24.3. The molecule has 1 aromatic heterocycles. The van der Waals surface area contributed by atoms with E-state index in [9.17, 15) is 14.7 Å². The molecule has 1 aromatic carbocycles. The van der Waals surface area contributed by atoms with Crippen molar-refractivity contribution in [3.8, 4) is 0 Å². The van der Waals surface area contributed by atoms with Crippen molar-refractivity contribution in [2.75, 3.05) is 6.61 Å². The molecule has 0 bridgehead atoms. The summed E-state index contributed by atoms with van der Waals surface area (Å²) in [6.45, 7) is 7.04. The van der Waals surface area contributed by atoms with E-state index in [-0.39, 0.29) is 11.8 Å². The average Bonchev–Trinajstić information content (AvgIpc) is 2.76. The normalized spacial score (nSPS) is 12.4. The molecule has 0 amide bonds. The number of Topliss-reactive ketones (excluding diaryl/α,β-unsaturated/α-hetero) is 1. The van der Waals surface area contributed by atoms with E-state index in [0.717, 1.165) is 21.2 Å². The Morgan fingerprint density at radius 3 is 2.57 bits per heavy atom. The van der Waals surface area contributed by atoms with Gasteiger partial charge in [-0.2, -0.15) is 0 Å². The van der Waals surface area contributed by atoms with Crippen LogP contribution >= 0.6 is 11.3 Å². The number of hydrogen-bond donors (Lipinski definition) is 1. The lowest BCUT2D eigenvalue weighted by Gasteiger charge is -2.09. The Hall–Kier alpha value is -1.72. The lowest BCUT2D eigenvalue weighted by Crippen LogP contribution is -2.03. The molecule has 2 rings (SSSR count). The number of rotatable bonds is 4. The predicted octanol–water partition coefficient (Wildman–Crippen LogP) is 3.64. The zero-order valence-electron chi connectivity index (χ0n) is 12.5. The summed E-state index contributed by atoms with van der Waals surface area (Å²) in [5.41, 5.74) is 2.05. The van der Waals surface area contributed by atoms with E-state index in [2.05, 4.69) is 0 Å². The second-order valence-corrected chi connectivity index (χ2v) is 5.94. The summed E-state index contributed by atoms with van der Waals surface area (Å²) in [6.07, 6.45) is -0.670. The van der Waals surface area contributed by atoms with Crippen LogP contribution in [0.25, 0.3) is 10.1 Å². The van der Waals surface area contributed by atoms with Crippen molar-refractivity contribution < 1.29 is 19.4 Å². The number of ketones is 1. The number of benzene rings is 1. The van der Waals surface area contributed by atoms with Crippen molar-refractivity contribution >= 4 is 33.2 Å². The van der Waals surface area contributed by atoms with Crippen LogP contribution in [0.15, 0.2) is 12.1 Å². The Kier molecular flexibility index (Phi) is 4.44. The topological polar surface area (TPSA) is 63.6 Å². The molecule has 0 aliphatic rings. The van der Waals surface area contributed by atoms with Gasteiger partial charge in [0.15, 0.2) is 5.78 Å². The van der Waals surface area contributed by atoms with Gasteiger partial charge in [-0.05, 0) is 44.9 Å². The second-order valence-electron chi connectivity index (χ2n) is 4.92. The Morgan fingerprint density at radius 2 is 2.05 bits per heavy atom. The summed E-state index contributed by atoms with van der Waals surface area (Å²) < 4.78 is 5.80. The molecule has 0 fully saturated rings. The Morgan fingerprint density at radius 1 is 1.38 bits per heavy atom. The van der Waals surface area contributed by atoms with Crippen LogP contribution in [-0.4, -0.2) is 23.5 Å². The fraction of sp³-hybridized carbons (Fsp3) is 0.375. The van der Waals surface area contributed by atoms with E-state index in [0.29, 0.717) is 17.0 Å². The van der Waals surface area contributed by atoms with E-state index >= 15 is 0 Å². The van der Waals surface area contributed by atoms with Crippen molar-refractivity contribution in [2.45, 2.75) is 33.8 Å². The molecule has 4 nitrogen and oxygen atoms in total. The number of ether oxygens (including phenoxy) is 1. The number of aliphatic hydroxyl groups is 1. The lowest BCUT2D eigenvalue weighted by molar-refractivity contribution is 0.0531. The third-order valence-electron chi connectivity index (χ3n) is 3.40. The molecule has 0 aliphatic heterocycles. The fourth-order valence-corrected chi connectivity index (χ4v) is 3.70. The molecule has 5 heteroatoms. The molecular weight excluding hydrogens is 288 g/mol. The number of esters is 1. The van der Waals surface area contributed by atoms with Crippen LogP contribution < -0.4 is 0 Å². The maximum absolute atomic E-state index is 12.0. The highest BCUT2D eigenvalue weighted by molar-refractivity contribution is 7.21. The van der Waals surface area contributed by atoms with Gasteiger partial charge >= 0.3 is 5.97 Å². The van der Waals surface area contributed by atoms with Crippen LogP contribution in [0, 0.1) is 6.92 Å². The molecule has 0 radical (unpaired) electrons. The van der Waals surface area contributed by atoms with E-state index in [1.807, 2.05) is 6.92 Å². The third-order valence-corrected chi connectivity index (χ3v) is 4.70. The summed E-state index contributed by atoms with van der Waals surface area (Å²) in [6, 6.07) is 3.45. The highest BCUT2D eigenvalue weighted by atomic mass is 32.1. The zero-order chi connectivity index (χ0) is 15.7. The number of aliphatic hydroxyl groups excluding tert-OH is 1. The standard InChI is InChI=1S/C16H18O4S/c1-5-20-16(19)14-8(2)13-11(9(3)17)6-7-12(10(4)18)15(13)21-14/h6-7,9,17H,5H2,1-4H3. The van der Waals surface area contributed by atoms with Crippen LogP contribution in [0.4, 0.5) is 0 Å². The quantitative estimate of drug-likeness (QED) is 0.692. The SMILES string of the molecule is CCOC(=O)c1sc2c(C(C)=O)ccc(C(C)O)c2c1C. The van der Waals surface area contributed by atoms with Crippen molar-refractivity contribution in [1.82, 2.24) is 0 Å². The van der Waals surface area contributed by atoms with Crippen molar-refractivity contribution in [3.63, 3.8) is 0 Å². The van der Waals surface area contributed by atoms with Gasteiger partial charge in [0.1, 0.15) is 4.88 Å². The number of aryl methyl sites for hydroxylation is 1. The van der Waals surface area contributed by atoms with E-state index < -0.39 is 6.10 Å². The average molecular weight is 306 g/mol. The molecule has 1 unspecified atom stereocenters. The molecule has 0 spiro atoms. The number of fused-ring (bicyclic) bond motifs is 1. The van der Waals surface area contributed by atoms with Crippen molar-refractivity contribution in [2.24, 2.45) is 0 Å². The lowest BCUT2D eigenvalue weighted by atomic mass is 9.98. The van der Waals surface area contributed by atoms with Gasteiger partial charge in [-0.25, -0.2) is 4.79 Å². The molecule has 0 saturated carbocycles. The molecule has 112 valence electrons. The third kappa shape index (κ3) is 2.71. The molecule has 0 saturated heterocycles. The van der Waals surface area contributed by atoms with E-state index in [1.54, 1.807) is 26.0 Å². The molecule has 0 aliphatic carbocycles. The van der Waals surface area contributed by atoms with Crippen molar-refractivity contribution in [3.05, 3.63) is 33.7 Å². The Balaban J connectivity index is 2.80. The minimum Gasteiger partial charge on any atom is -0.462 e. The van der Waals surface area contributed by atoms with Gasteiger partial charge in [0.05, 0.1) is 12.7 Å². The maximum Gasteiger partial charge on any atom is 0.348 e. The van der Waals surface area contributed by atoms with Crippen LogP contribution in [0.3, 0.4) is 0 Å². The molecule has 21 heavy (non-hydrogen) atoms. The van der Waals surface area contributed by atoms with Gasteiger partial charge in [0.25, 0.3) is 0 Å². The number of thiophene rings is 1. The van der Waals surface area contributed by atoms with Gasteiger partial charge < -0.3 is 9.84 Å². The van der Waals surface area contributed by atoms with E-state index in [4.69, 9.17) is 4.74 Å². The molecule has 1 atom stereocenters. The van der Waals surface area contributed by atoms with Gasteiger partial charge in [0.2, 0.25) is 0 Å². The first-order valence-electron chi connectivity index (χ1n) is 6.80. The van der Waals surface area contributed by atoms with Gasteiger partial charge in [-0.15, -0.1) is 11.3 Å². The Labute approximate surface area is 127 Å². The predicted molar refractivity (Wildman–Crippen MR) is 83.2 cm³/mol. The summed E-state index contributed by atoms with van der Waals surface area (Å²) in [5, 5.41) is 10.7. The monoisotopic (exact) mass is 306 g/mol. The molecular formula is C16H18O4S. The highest BCUT2D eigenvalue weighted by Gasteiger charge is 2.22. The van der Waals surface area contributed by atoms with Crippen LogP contribution in [-0.2, 0) is 4.74 Å². The highest BCUT2D eigenvalue weighted by Crippen LogP contribution is 2.38. The first-order valence-corrected chi connectivity index (χ1v) is 7.62. The summed E-state index contributed by atoms with van der Waals surface area (Å²) in [5.74, 6) is -0.448. The van der Waals surface area contributed by atoms with Crippen molar-refractivity contribution in [1.29, 1.82) is 0 Å². The maximum atomic E-state index is 12.0. The van der Waals surface area contributed by atoms with E-state index in [1.165, 1.54) is 18.3 Å². The van der Waals surface area contributed by atoms with Gasteiger partial charge in [-0.3, -0.25) is 4.79 Å². The number of hydrogen-bond acceptors (Lipinski definition) is 5. The zero-order valence-corrected chi connectivity index (χ0v) is 13.3. The minimum absolute atomic E-state index is 0.0613. The number of carbonyl (C=O) groups is 2. The smallest absolute Gasteiger partial charge is 0.348 e. The van der Waals surface area contributed by atoms with Crippen LogP contribution in [0.2, 0.25) is 0 Å². The van der Waals surface area contributed by atoms with Gasteiger partial charge in [0, 0.05) is 15.6 Å².